The highest BCUT2D eigenvalue weighted by molar-refractivity contribution is 5.14. The topological polar surface area (TPSA) is 21.3 Å². The van der Waals surface area contributed by atoms with E-state index >= 15 is 0 Å². The second kappa shape index (κ2) is 4.58. The fourth-order valence-electron chi connectivity index (χ4n) is 1.84. The van der Waals surface area contributed by atoms with Gasteiger partial charge in [-0.05, 0) is 18.9 Å². The molecule has 2 nitrogen and oxygen atoms in total. The quantitative estimate of drug-likeness (QED) is 0.788. The van der Waals surface area contributed by atoms with Crippen molar-refractivity contribution >= 4 is 0 Å². The van der Waals surface area contributed by atoms with Crippen LogP contribution in [0.5, 0.6) is 0 Å². The van der Waals surface area contributed by atoms with Gasteiger partial charge in [0.15, 0.2) is 0 Å². The molecule has 0 bridgehead atoms. The molecule has 1 saturated heterocycles. The average molecular weight is 191 g/mol. The van der Waals surface area contributed by atoms with E-state index in [1.165, 1.54) is 5.56 Å². The van der Waals surface area contributed by atoms with Crippen molar-refractivity contribution in [2.45, 2.75) is 32.0 Å². The Morgan fingerprint density at radius 3 is 2.79 bits per heavy atom. The van der Waals surface area contributed by atoms with Gasteiger partial charge in [0.05, 0.1) is 6.10 Å². The molecule has 0 aromatic heterocycles. The van der Waals surface area contributed by atoms with E-state index in [-0.39, 0.29) is 0 Å². The molecule has 2 rings (SSSR count). The summed E-state index contributed by atoms with van der Waals surface area (Å²) in [5, 5.41) is 3.52. The third-order valence-corrected chi connectivity index (χ3v) is 2.79. The summed E-state index contributed by atoms with van der Waals surface area (Å²) in [5.41, 5.74) is 1.34. The molecular formula is C12H17NO. The van der Waals surface area contributed by atoms with Crippen molar-refractivity contribution < 1.29 is 4.74 Å². The fraction of sp³-hybridized carbons (Fsp3) is 0.500. The van der Waals surface area contributed by atoms with Crippen LogP contribution in [0.1, 0.15) is 18.9 Å². The summed E-state index contributed by atoms with van der Waals surface area (Å²) in [6.45, 7) is 3.97. The second-order valence-electron chi connectivity index (χ2n) is 3.84. The molecule has 0 amide bonds. The second-order valence-corrected chi connectivity index (χ2v) is 3.84. The predicted octanol–water partition coefficient (Wildman–Crippen LogP) is 1.95. The molecule has 1 aromatic rings. The van der Waals surface area contributed by atoms with E-state index in [0.717, 1.165) is 19.6 Å². The molecule has 2 atom stereocenters. The maximum absolute atomic E-state index is 5.49. The Hall–Kier alpha value is -0.860. The van der Waals surface area contributed by atoms with Crippen LogP contribution in [-0.2, 0) is 11.3 Å². The molecule has 1 aliphatic rings. The van der Waals surface area contributed by atoms with Gasteiger partial charge in [0.2, 0.25) is 0 Å². The minimum atomic E-state index is 0.360. The maximum Gasteiger partial charge on any atom is 0.0700 e. The van der Waals surface area contributed by atoms with E-state index in [1.807, 2.05) is 6.07 Å². The van der Waals surface area contributed by atoms with Gasteiger partial charge < -0.3 is 10.1 Å². The number of ether oxygens (including phenoxy) is 1. The van der Waals surface area contributed by atoms with Crippen LogP contribution in [0.4, 0.5) is 0 Å². The van der Waals surface area contributed by atoms with Crippen molar-refractivity contribution in [3.8, 4) is 0 Å². The molecule has 0 spiro atoms. The van der Waals surface area contributed by atoms with Crippen molar-refractivity contribution in [1.82, 2.24) is 5.32 Å². The van der Waals surface area contributed by atoms with Crippen LogP contribution in [0.25, 0.3) is 0 Å². The smallest absolute Gasteiger partial charge is 0.0700 e. The zero-order valence-corrected chi connectivity index (χ0v) is 8.57. The van der Waals surface area contributed by atoms with Crippen molar-refractivity contribution in [2.75, 3.05) is 6.61 Å². The molecule has 1 N–H and O–H groups in total. The van der Waals surface area contributed by atoms with Crippen molar-refractivity contribution in [3.05, 3.63) is 35.9 Å². The lowest BCUT2D eigenvalue weighted by molar-refractivity contribution is 0.113. The number of hydrogen-bond donors (Lipinski definition) is 1. The first-order valence-electron chi connectivity index (χ1n) is 5.25. The summed E-state index contributed by atoms with van der Waals surface area (Å²) in [6, 6.07) is 11.0. The minimum Gasteiger partial charge on any atom is -0.377 e. The van der Waals surface area contributed by atoms with Crippen molar-refractivity contribution in [3.63, 3.8) is 0 Å². The Morgan fingerprint density at radius 2 is 2.14 bits per heavy atom. The summed E-state index contributed by atoms with van der Waals surface area (Å²) >= 11 is 0. The first-order valence-corrected chi connectivity index (χ1v) is 5.25. The Labute approximate surface area is 85.3 Å². The lowest BCUT2D eigenvalue weighted by Gasteiger charge is -2.15. The van der Waals surface area contributed by atoms with Crippen LogP contribution in [0.15, 0.2) is 30.3 Å². The number of benzene rings is 1. The summed E-state index contributed by atoms with van der Waals surface area (Å²) in [5.74, 6) is 0. The van der Waals surface area contributed by atoms with E-state index in [9.17, 15) is 0 Å². The van der Waals surface area contributed by atoms with Gasteiger partial charge in [-0.1, -0.05) is 30.3 Å². The van der Waals surface area contributed by atoms with E-state index in [4.69, 9.17) is 4.74 Å². The van der Waals surface area contributed by atoms with Gasteiger partial charge in [0.25, 0.3) is 0 Å². The zero-order valence-electron chi connectivity index (χ0n) is 8.57. The molecule has 1 heterocycles. The van der Waals surface area contributed by atoms with Gasteiger partial charge >= 0.3 is 0 Å². The van der Waals surface area contributed by atoms with E-state index in [0.29, 0.717) is 12.1 Å². The predicted molar refractivity (Wildman–Crippen MR) is 57.1 cm³/mol. The molecule has 2 heteroatoms. The van der Waals surface area contributed by atoms with Gasteiger partial charge in [-0.15, -0.1) is 0 Å². The maximum atomic E-state index is 5.49. The average Bonchev–Trinajstić information content (AvgIpc) is 2.63. The fourth-order valence-corrected chi connectivity index (χ4v) is 1.84. The Bertz CT molecular complexity index is 273. The van der Waals surface area contributed by atoms with E-state index < -0.39 is 0 Å². The number of hydrogen-bond acceptors (Lipinski definition) is 2. The normalized spacial score (nSPS) is 26.6. The van der Waals surface area contributed by atoms with Crippen LogP contribution in [0, 0.1) is 0 Å². The first-order chi connectivity index (χ1) is 6.86. The van der Waals surface area contributed by atoms with E-state index in [1.54, 1.807) is 0 Å². The lowest BCUT2D eigenvalue weighted by atomic mass is 10.1. The van der Waals surface area contributed by atoms with Crippen molar-refractivity contribution in [1.29, 1.82) is 0 Å². The SMILES string of the molecule is C[C@@H]1OCC[C@@H]1NCc1ccccc1. The summed E-state index contributed by atoms with van der Waals surface area (Å²) in [6.07, 6.45) is 1.49. The third-order valence-electron chi connectivity index (χ3n) is 2.79. The molecule has 1 aliphatic heterocycles. The van der Waals surface area contributed by atoms with Crippen LogP contribution < -0.4 is 5.32 Å². The molecule has 1 fully saturated rings. The Morgan fingerprint density at radius 1 is 1.36 bits per heavy atom. The molecule has 0 unspecified atom stereocenters. The standard InChI is InChI=1S/C12H17NO/c1-10-12(7-8-14-10)13-9-11-5-3-2-4-6-11/h2-6,10,12-13H,7-9H2,1H3/t10-,12-/m0/s1. The van der Waals surface area contributed by atoms with Gasteiger partial charge in [-0.25, -0.2) is 0 Å². The van der Waals surface area contributed by atoms with Gasteiger partial charge in [-0.2, -0.15) is 0 Å². The molecule has 14 heavy (non-hydrogen) atoms. The Balaban J connectivity index is 1.82. The van der Waals surface area contributed by atoms with Gasteiger partial charge in [-0.3, -0.25) is 0 Å². The van der Waals surface area contributed by atoms with Gasteiger partial charge in [0, 0.05) is 19.2 Å². The monoisotopic (exact) mass is 191 g/mol. The summed E-state index contributed by atoms with van der Waals surface area (Å²) in [7, 11) is 0. The van der Waals surface area contributed by atoms with Crippen LogP contribution in [0.3, 0.4) is 0 Å². The number of rotatable bonds is 3. The molecule has 0 radical (unpaired) electrons. The summed E-state index contributed by atoms with van der Waals surface area (Å²) < 4.78 is 5.49. The van der Waals surface area contributed by atoms with Crippen LogP contribution >= 0.6 is 0 Å². The highest BCUT2D eigenvalue weighted by Gasteiger charge is 2.22. The van der Waals surface area contributed by atoms with Crippen LogP contribution in [-0.4, -0.2) is 18.8 Å². The largest absolute Gasteiger partial charge is 0.377 e. The van der Waals surface area contributed by atoms with Crippen molar-refractivity contribution in [2.24, 2.45) is 0 Å². The zero-order chi connectivity index (χ0) is 9.80. The third kappa shape index (κ3) is 2.34. The molecule has 0 aliphatic carbocycles. The summed E-state index contributed by atoms with van der Waals surface area (Å²) in [4.78, 5) is 0. The molecule has 0 saturated carbocycles. The highest BCUT2D eigenvalue weighted by atomic mass is 16.5. The van der Waals surface area contributed by atoms with Gasteiger partial charge in [0.1, 0.15) is 0 Å². The minimum absolute atomic E-state index is 0.360. The van der Waals surface area contributed by atoms with E-state index in [2.05, 4.69) is 36.5 Å². The lowest BCUT2D eigenvalue weighted by Crippen LogP contribution is -2.34. The number of nitrogens with one attached hydrogen (secondary N) is 1. The molecular weight excluding hydrogens is 174 g/mol. The molecule has 76 valence electrons. The highest BCUT2D eigenvalue weighted by Crippen LogP contribution is 2.13. The van der Waals surface area contributed by atoms with Crippen LogP contribution in [0.2, 0.25) is 0 Å². The Kier molecular flexibility index (Phi) is 3.17. The first kappa shape index (κ1) is 9.69. The molecule has 1 aromatic carbocycles.